The van der Waals surface area contributed by atoms with Crippen molar-refractivity contribution in [3.63, 3.8) is 0 Å². The maximum Gasteiger partial charge on any atom is 0.126 e. The van der Waals surface area contributed by atoms with E-state index in [2.05, 4.69) is 4.98 Å². The lowest BCUT2D eigenvalue weighted by molar-refractivity contribution is 0.285. The third kappa shape index (κ3) is 2.06. The van der Waals surface area contributed by atoms with Crippen molar-refractivity contribution in [2.24, 2.45) is 0 Å². The lowest BCUT2D eigenvalue weighted by Gasteiger charge is -1.99. The number of hydrogen-bond acceptors (Lipinski definition) is 3. The molecule has 1 N–H and O–H groups in total. The number of aromatic nitrogens is 1. The van der Waals surface area contributed by atoms with Crippen molar-refractivity contribution in [3.05, 3.63) is 40.7 Å². The molecule has 2 nitrogen and oxygen atoms in total. The number of nitrogens with zero attached hydrogens (tertiary/aromatic N) is 1. The fourth-order valence-electron chi connectivity index (χ4n) is 1.29. The van der Waals surface area contributed by atoms with Crippen LogP contribution >= 0.6 is 11.3 Å². The second-order valence-corrected chi connectivity index (χ2v) is 4.37. The van der Waals surface area contributed by atoms with Gasteiger partial charge in [-0.05, 0) is 30.7 Å². The smallest absolute Gasteiger partial charge is 0.126 e. The summed E-state index contributed by atoms with van der Waals surface area (Å²) in [7, 11) is 0. The quantitative estimate of drug-likeness (QED) is 0.849. The summed E-state index contributed by atoms with van der Waals surface area (Å²) in [6, 6.07) is 4.89. The molecule has 0 aliphatic carbocycles. The molecule has 1 heterocycles. The van der Waals surface area contributed by atoms with Crippen LogP contribution in [0.5, 0.6) is 0 Å². The highest BCUT2D eigenvalue weighted by molar-refractivity contribution is 7.15. The van der Waals surface area contributed by atoms with Crippen LogP contribution in [-0.4, -0.2) is 10.1 Å². The van der Waals surface area contributed by atoms with Gasteiger partial charge in [0.2, 0.25) is 0 Å². The Hall–Kier alpha value is -1.26. The molecule has 0 aliphatic rings. The van der Waals surface area contributed by atoms with Crippen molar-refractivity contribution >= 4 is 11.3 Å². The van der Waals surface area contributed by atoms with E-state index in [9.17, 15) is 4.39 Å². The van der Waals surface area contributed by atoms with Gasteiger partial charge in [0.25, 0.3) is 0 Å². The summed E-state index contributed by atoms with van der Waals surface area (Å²) in [6.07, 6.45) is 1.64. The van der Waals surface area contributed by atoms with Gasteiger partial charge in [-0.3, -0.25) is 0 Å². The number of aliphatic hydroxyl groups is 1. The summed E-state index contributed by atoms with van der Waals surface area (Å²) in [5.41, 5.74) is 1.49. The summed E-state index contributed by atoms with van der Waals surface area (Å²) >= 11 is 1.42. The van der Waals surface area contributed by atoms with E-state index in [0.717, 1.165) is 15.4 Å². The van der Waals surface area contributed by atoms with Crippen LogP contribution in [0.1, 0.15) is 10.4 Å². The van der Waals surface area contributed by atoms with Gasteiger partial charge in [0.05, 0.1) is 11.5 Å². The predicted molar refractivity (Wildman–Crippen MR) is 58.2 cm³/mol. The molecule has 2 rings (SSSR count). The topological polar surface area (TPSA) is 33.1 Å². The van der Waals surface area contributed by atoms with Crippen molar-refractivity contribution < 1.29 is 9.50 Å². The molecule has 4 heteroatoms. The molecular formula is C11H10FNOS. The van der Waals surface area contributed by atoms with Crippen LogP contribution in [0.3, 0.4) is 0 Å². The third-order valence-electron chi connectivity index (χ3n) is 2.11. The van der Waals surface area contributed by atoms with Gasteiger partial charge in [-0.15, -0.1) is 11.3 Å². The monoisotopic (exact) mass is 223 g/mol. The lowest BCUT2D eigenvalue weighted by Crippen LogP contribution is -1.83. The summed E-state index contributed by atoms with van der Waals surface area (Å²) in [4.78, 5) is 4.98. The highest BCUT2D eigenvalue weighted by Crippen LogP contribution is 2.26. The fourth-order valence-corrected chi connectivity index (χ4v) is 2.06. The Balaban J connectivity index is 2.40. The average Bonchev–Trinajstić information content (AvgIpc) is 2.70. The Morgan fingerprint density at radius 3 is 2.87 bits per heavy atom. The van der Waals surface area contributed by atoms with Crippen LogP contribution in [0.15, 0.2) is 24.4 Å². The minimum atomic E-state index is -0.210. The van der Waals surface area contributed by atoms with Crippen LogP contribution in [-0.2, 0) is 6.61 Å². The molecule has 0 amide bonds. The second kappa shape index (κ2) is 4.08. The molecule has 1 aromatic heterocycles. The highest BCUT2D eigenvalue weighted by Gasteiger charge is 2.05. The first-order valence-corrected chi connectivity index (χ1v) is 5.34. The number of aliphatic hydroxyl groups excluding tert-OH is 1. The molecule has 1 aromatic carbocycles. The number of benzene rings is 1. The SMILES string of the molecule is Cc1cc(-c2ncc(CO)s2)ccc1F. The number of halogens is 1. The Morgan fingerprint density at radius 1 is 1.47 bits per heavy atom. The number of aryl methyl sites for hydroxylation is 1. The van der Waals surface area contributed by atoms with Gasteiger partial charge in [0.15, 0.2) is 0 Å². The van der Waals surface area contributed by atoms with Crippen molar-refractivity contribution in [2.75, 3.05) is 0 Å². The summed E-state index contributed by atoms with van der Waals surface area (Å²) in [5, 5.41) is 9.71. The zero-order valence-corrected chi connectivity index (χ0v) is 9.01. The van der Waals surface area contributed by atoms with Gasteiger partial charge in [-0.1, -0.05) is 0 Å². The van der Waals surface area contributed by atoms with Crippen LogP contribution in [0.4, 0.5) is 4.39 Å². The Bertz CT molecular complexity index is 481. The van der Waals surface area contributed by atoms with Gasteiger partial charge < -0.3 is 5.11 Å². The third-order valence-corrected chi connectivity index (χ3v) is 3.15. The van der Waals surface area contributed by atoms with Gasteiger partial charge in [-0.25, -0.2) is 9.37 Å². The van der Waals surface area contributed by atoms with Gasteiger partial charge in [0, 0.05) is 11.8 Å². The number of hydrogen-bond donors (Lipinski definition) is 1. The van der Waals surface area contributed by atoms with E-state index < -0.39 is 0 Å². The minimum absolute atomic E-state index is 0.00214. The summed E-state index contributed by atoms with van der Waals surface area (Å²) < 4.78 is 13.0. The summed E-state index contributed by atoms with van der Waals surface area (Å²) in [5.74, 6) is -0.210. The van der Waals surface area contributed by atoms with E-state index in [1.54, 1.807) is 25.3 Å². The van der Waals surface area contributed by atoms with E-state index in [1.807, 2.05) is 0 Å². The molecule has 0 atom stereocenters. The molecule has 2 aromatic rings. The maximum atomic E-state index is 13.0. The Morgan fingerprint density at radius 2 is 2.27 bits per heavy atom. The van der Waals surface area contributed by atoms with Crippen LogP contribution in [0.2, 0.25) is 0 Å². The first kappa shape index (κ1) is 10.3. The van der Waals surface area contributed by atoms with Crippen molar-refractivity contribution in [3.8, 4) is 10.6 Å². The van der Waals surface area contributed by atoms with E-state index in [4.69, 9.17) is 5.11 Å². The zero-order valence-electron chi connectivity index (χ0n) is 8.20. The normalized spacial score (nSPS) is 10.6. The van der Waals surface area contributed by atoms with Crippen molar-refractivity contribution in [1.29, 1.82) is 0 Å². The van der Waals surface area contributed by atoms with Crippen LogP contribution in [0, 0.1) is 12.7 Å². The fraction of sp³-hybridized carbons (Fsp3) is 0.182. The van der Waals surface area contributed by atoms with Gasteiger partial charge >= 0.3 is 0 Å². The minimum Gasteiger partial charge on any atom is -0.391 e. The molecule has 0 saturated carbocycles. The molecule has 0 fully saturated rings. The van der Waals surface area contributed by atoms with Crippen LogP contribution in [0.25, 0.3) is 10.6 Å². The average molecular weight is 223 g/mol. The molecule has 0 aliphatic heterocycles. The first-order valence-electron chi connectivity index (χ1n) is 4.53. The Kier molecular flexibility index (Phi) is 2.79. The molecule has 0 saturated heterocycles. The maximum absolute atomic E-state index is 13.0. The lowest BCUT2D eigenvalue weighted by atomic mass is 10.1. The largest absolute Gasteiger partial charge is 0.391 e. The number of rotatable bonds is 2. The second-order valence-electron chi connectivity index (χ2n) is 3.25. The first-order chi connectivity index (χ1) is 7.20. The van der Waals surface area contributed by atoms with E-state index >= 15 is 0 Å². The predicted octanol–water partition coefficient (Wildman–Crippen LogP) is 2.75. The summed E-state index contributed by atoms with van der Waals surface area (Å²) in [6.45, 7) is 1.72. The molecule has 0 spiro atoms. The number of thiazole rings is 1. The van der Waals surface area contributed by atoms with E-state index in [-0.39, 0.29) is 12.4 Å². The highest BCUT2D eigenvalue weighted by atomic mass is 32.1. The van der Waals surface area contributed by atoms with E-state index in [1.165, 1.54) is 17.4 Å². The molecule has 0 radical (unpaired) electrons. The standard InChI is InChI=1S/C11H10FNOS/c1-7-4-8(2-3-10(7)12)11-13-5-9(6-14)15-11/h2-5,14H,6H2,1H3. The van der Waals surface area contributed by atoms with Gasteiger partial charge in [-0.2, -0.15) is 0 Å². The molecule has 0 bridgehead atoms. The van der Waals surface area contributed by atoms with Crippen LogP contribution < -0.4 is 0 Å². The molecule has 78 valence electrons. The van der Waals surface area contributed by atoms with E-state index in [0.29, 0.717) is 5.56 Å². The zero-order chi connectivity index (χ0) is 10.8. The molecular weight excluding hydrogens is 213 g/mol. The molecule has 15 heavy (non-hydrogen) atoms. The van der Waals surface area contributed by atoms with Crippen molar-refractivity contribution in [2.45, 2.75) is 13.5 Å². The Labute approximate surface area is 91.0 Å². The van der Waals surface area contributed by atoms with Gasteiger partial charge in [0.1, 0.15) is 10.8 Å². The van der Waals surface area contributed by atoms with Crippen molar-refractivity contribution in [1.82, 2.24) is 4.98 Å². The molecule has 0 unspecified atom stereocenters.